The van der Waals surface area contributed by atoms with E-state index in [1.807, 2.05) is 0 Å². The summed E-state index contributed by atoms with van der Waals surface area (Å²) in [5, 5.41) is 0. The Balaban J connectivity index is 1.24. The number of benzene rings is 9. The highest BCUT2D eigenvalue weighted by atomic mass is 15.2. The molecule has 0 bridgehead atoms. The lowest BCUT2D eigenvalue weighted by Crippen LogP contribution is -2.61. The summed E-state index contributed by atoms with van der Waals surface area (Å²) in [6, 6.07) is 62.4. The summed E-state index contributed by atoms with van der Waals surface area (Å²) in [4.78, 5) is 10.1. The minimum Gasteiger partial charge on any atom is -0.311 e. The van der Waals surface area contributed by atoms with Gasteiger partial charge < -0.3 is 19.6 Å². The predicted octanol–water partition coefficient (Wildman–Crippen LogP) is 16.4. The molecule has 0 aliphatic carbocycles. The van der Waals surface area contributed by atoms with Crippen LogP contribution in [0.5, 0.6) is 0 Å². The van der Waals surface area contributed by atoms with Crippen molar-refractivity contribution in [2.24, 2.45) is 0 Å². The van der Waals surface area contributed by atoms with Gasteiger partial charge in [0.25, 0.3) is 6.71 Å². The zero-order valence-corrected chi connectivity index (χ0v) is 43.5. The van der Waals surface area contributed by atoms with Gasteiger partial charge in [-0.15, -0.1) is 0 Å². The van der Waals surface area contributed by atoms with Gasteiger partial charge in [-0.05, 0) is 206 Å². The standard InChI is InChI=1S/C66H63BN4/c1-40-16-24-52(25-17-40)68(53-26-18-41(2)19-27-53)60-38-62-56(36-46(60)7)67-57-37-47(8)61(69(54-28-20-42(3)21-29-54)55-30-22-43(4)23-31-55)39-63(57)71(66-50(11)34-45(6)35-51(66)12)59-15-13-14-58(64(59)67)70(62)65-48(9)32-44(5)33-49(65)10/h13-39H,1-12H3. The third kappa shape index (κ3) is 7.79. The van der Waals surface area contributed by atoms with Crippen LogP contribution in [0.3, 0.4) is 0 Å². The molecule has 0 unspecified atom stereocenters. The molecule has 9 aromatic carbocycles. The summed E-state index contributed by atoms with van der Waals surface area (Å²) in [6.45, 7) is 26.8. The summed E-state index contributed by atoms with van der Waals surface area (Å²) >= 11 is 0. The van der Waals surface area contributed by atoms with E-state index in [1.54, 1.807) is 0 Å². The summed E-state index contributed by atoms with van der Waals surface area (Å²) in [5.74, 6) is 0. The van der Waals surface area contributed by atoms with E-state index >= 15 is 0 Å². The fourth-order valence-corrected chi connectivity index (χ4v) is 11.9. The van der Waals surface area contributed by atoms with Crippen LogP contribution in [0.25, 0.3) is 0 Å². The van der Waals surface area contributed by atoms with Crippen LogP contribution in [0.1, 0.15) is 66.8 Å². The first kappa shape index (κ1) is 45.7. The van der Waals surface area contributed by atoms with Crippen molar-refractivity contribution in [3.63, 3.8) is 0 Å². The maximum Gasteiger partial charge on any atom is 0.252 e. The van der Waals surface area contributed by atoms with Crippen molar-refractivity contribution < 1.29 is 0 Å². The molecular formula is C66H63BN4. The summed E-state index contributed by atoms with van der Waals surface area (Å²) in [5.41, 5.74) is 33.0. The third-order valence-corrected chi connectivity index (χ3v) is 15.0. The molecule has 0 aromatic heterocycles. The van der Waals surface area contributed by atoms with Gasteiger partial charge in [-0.3, -0.25) is 0 Å². The Kier molecular flexibility index (Phi) is 11.3. The van der Waals surface area contributed by atoms with Crippen molar-refractivity contribution in [3.05, 3.63) is 231 Å². The summed E-state index contributed by atoms with van der Waals surface area (Å²) < 4.78 is 0. The van der Waals surface area contributed by atoms with E-state index < -0.39 is 0 Å². The zero-order valence-electron chi connectivity index (χ0n) is 43.5. The Hall–Kier alpha value is -7.76. The molecule has 11 rings (SSSR count). The molecule has 0 atom stereocenters. The molecule has 0 amide bonds. The minimum atomic E-state index is -0.0595. The molecule has 0 N–H and O–H groups in total. The van der Waals surface area contributed by atoms with Crippen molar-refractivity contribution >= 4 is 91.3 Å². The quantitative estimate of drug-likeness (QED) is 0.141. The second-order valence-corrected chi connectivity index (χ2v) is 20.7. The van der Waals surface area contributed by atoms with Gasteiger partial charge >= 0.3 is 0 Å². The lowest BCUT2D eigenvalue weighted by atomic mass is 9.33. The lowest BCUT2D eigenvalue weighted by Gasteiger charge is -2.46. The van der Waals surface area contributed by atoms with Crippen LogP contribution in [0.4, 0.5) is 68.2 Å². The van der Waals surface area contributed by atoms with Crippen molar-refractivity contribution in [2.75, 3.05) is 19.6 Å². The molecule has 5 heteroatoms. The average molecular weight is 923 g/mol. The summed E-state index contributed by atoms with van der Waals surface area (Å²) in [7, 11) is 0. The number of hydrogen-bond donors (Lipinski definition) is 0. The Labute approximate surface area is 422 Å². The number of hydrogen-bond acceptors (Lipinski definition) is 4. The molecule has 0 radical (unpaired) electrons. The average Bonchev–Trinajstić information content (AvgIpc) is 3.33. The molecule has 2 aliphatic heterocycles. The fourth-order valence-electron chi connectivity index (χ4n) is 11.9. The normalized spacial score (nSPS) is 12.4. The molecule has 2 aliphatic rings. The van der Waals surface area contributed by atoms with Gasteiger partial charge in [-0.25, -0.2) is 0 Å². The van der Waals surface area contributed by atoms with Gasteiger partial charge in [0.2, 0.25) is 0 Å². The van der Waals surface area contributed by atoms with E-state index in [4.69, 9.17) is 0 Å². The Bertz CT molecular complexity index is 3180. The Morgan fingerprint density at radius 1 is 0.296 bits per heavy atom. The number of anilines is 12. The molecule has 0 fully saturated rings. The van der Waals surface area contributed by atoms with E-state index in [9.17, 15) is 0 Å². The van der Waals surface area contributed by atoms with Crippen LogP contribution < -0.4 is 36.0 Å². The molecule has 4 nitrogen and oxygen atoms in total. The van der Waals surface area contributed by atoms with Crippen LogP contribution in [0.15, 0.2) is 164 Å². The number of rotatable bonds is 8. The molecule has 0 saturated carbocycles. The van der Waals surface area contributed by atoms with E-state index in [2.05, 4.69) is 266 Å². The Morgan fingerprint density at radius 2 is 0.592 bits per heavy atom. The molecule has 0 spiro atoms. The van der Waals surface area contributed by atoms with Crippen LogP contribution in [-0.2, 0) is 0 Å². The van der Waals surface area contributed by atoms with Crippen LogP contribution in [-0.4, -0.2) is 6.71 Å². The lowest BCUT2D eigenvalue weighted by molar-refractivity contribution is 1.17. The predicted molar refractivity (Wildman–Crippen MR) is 307 cm³/mol. The fraction of sp³-hybridized carbons (Fsp3) is 0.182. The van der Waals surface area contributed by atoms with E-state index in [0.717, 1.165) is 34.1 Å². The molecule has 2 heterocycles. The van der Waals surface area contributed by atoms with Gasteiger partial charge in [0.1, 0.15) is 0 Å². The maximum absolute atomic E-state index is 2.61. The van der Waals surface area contributed by atoms with Crippen molar-refractivity contribution in [2.45, 2.75) is 83.1 Å². The van der Waals surface area contributed by atoms with Gasteiger partial charge in [0, 0.05) is 45.5 Å². The molecule has 350 valence electrons. The SMILES string of the molecule is Cc1ccc(N(c2ccc(C)cc2)c2cc3c(cc2C)B2c4cc(C)c(N(c5ccc(C)cc5)c5ccc(C)cc5)cc4N(c4c(C)cc(C)cc4C)c4cccc(c42)N3c2c(C)cc(C)cc2C)cc1. The van der Waals surface area contributed by atoms with Gasteiger partial charge in [0.05, 0.1) is 22.7 Å². The summed E-state index contributed by atoms with van der Waals surface area (Å²) in [6.07, 6.45) is 0. The van der Waals surface area contributed by atoms with E-state index in [-0.39, 0.29) is 6.71 Å². The first-order valence-electron chi connectivity index (χ1n) is 25.2. The highest BCUT2D eigenvalue weighted by Gasteiger charge is 2.45. The maximum atomic E-state index is 2.61. The van der Waals surface area contributed by atoms with Crippen LogP contribution in [0.2, 0.25) is 0 Å². The van der Waals surface area contributed by atoms with E-state index in [0.29, 0.717) is 0 Å². The van der Waals surface area contributed by atoms with Gasteiger partial charge in [-0.1, -0.05) is 124 Å². The number of aryl methyl sites for hydroxylation is 12. The topological polar surface area (TPSA) is 13.0 Å². The van der Waals surface area contributed by atoms with Gasteiger partial charge in [-0.2, -0.15) is 0 Å². The van der Waals surface area contributed by atoms with Crippen molar-refractivity contribution in [3.8, 4) is 0 Å². The first-order chi connectivity index (χ1) is 34.1. The highest BCUT2D eigenvalue weighted by Crippen LogP contribution is 2.50. The number of nitrogens with zero attached hydrogens (tertiary/aromatic N) is 4. The molecule has 71 heavy (non-hydrogen) atoms. The Morgan fingerprint density at radius 3 is 0.887 bits per heavy atom. The minimum absolute atomic E-state index is 0.0595. The largest absolute Gasteiger partial charge is 0.311 e. The number of fused-ring (bicyclic) bond motifs is 4. The van der Waals surface area contributed by atoms with Crippen LogP contribution in [0, 0.1) is 83.1 Å². The van der Waals surface area contributed by atoms with Crippen molar-refractivity contribution in [1.82, 2.24) is 0 Å². The zero-order chi connectivity index (χ0) is 49.6. The highest BCUT2D eigenvalue weighted by molar-refractivity contribution is 7.00. The second kappa shape index (κ2) is 17.6. The smallest absolute Gasteiger partial charge is 0.252 e. The molecule has 9 aromatic rings. The second-order valence-electron chi connectivity index (χ2n) is 20.7. The molecule has 0 saturated heterocycles. The van der Waals surface area contributed by atoms with Crippen molar-refractivity contribution in [1.29, 1.82) is 0 Å². The first-order valence-corrected chi connectivity index (χ1v) is 25.2. The molecular weight excluding hydrogens is 860 g/mol. The van der Waals surface area contributed by atoms with Crippen LogP contribution >= 0.6 is 0 Å². The third-order valence-electron chi connectivity index (χ3n) is 15.0. The van der Waals surface area contributed by atoms with Gasteiger partial charge in [0.15, 0.2) is 0 Å². The van der Waals surface area contributed by atoms with E-state index in [1.165, 1.54) is 117 Å². The monoisotopic (exact) mass is 923 g/mol.